The minimum atomic E-state index is 0.122. The van der Waals surface area contributed by atoms with Crippen LogP contribution in [0.2, 0.25) is 4.34 Å². The van der Waals surface area contributed by atoms with Gasteiger partial charge in [-0.15, -0.1) is 11.3 Å². The first kappa shape index (κ1) is 15.9. The highest BCUT2D eigenvalue weighted by atomic mass is 35.5. The lowest BCUT2D eigenvalue weighted by atomic mass is 10.0. The summed E-state index contributed by atoms with van der Waals surface area (Å²) in [4.78, 5) is 3.60. The van der Waals surface area contributed by atoms with Gasteiger partial charge < -0.3 is 10.5 Å². The van der Waals surface area contributed by atoms with Crippen LogP contribution >= 0.6 is 22.9 Å². The molecule has 18 heavy (non-hydrogen) atoms. The Morgan fingerprint density at radius 2 is 2.17 bits per heavy atom. The van der Waals surface area contributed by atoms with Gasteiger partial charge in [-0.1, -0.05) is 25.4 Å². The van der Waals surface area contributed by atoms with Crippen molar-refractivity contribution in [1.29, 1.82) is 0 Å². The number of hydrogen-bond donors (Lipinski definition) is 1. The predicted molar refractivity (Wildman–Crippen MR) is 79.5 cm³/mol. The largest absolute Gasteiger partial charge is 0.383 e. The minimum absolute atomic E-state index is 0.122. The third-order valence-electron chi connectivity index (χ3n) is 3.14. The normalized spacial score (nSPS) is 15.0. The summed E-state index contributed by atoms with van der Waals surface area (Å²) in [6, 6.07) is 4.38. The summed E-state index contributed by atoms with van der Waals surface area (Å²) >= 11 is 7.66. The van der Waals surface area contributed by atoms with Crippen LogP contribution in [0.3, 0.4) is 0 Å². The van der Waals surface area contributed by atoms with Gasteiger partial charge in [0.2, 0.25) is 0 Å². The predicted octanol–water partition coefficient (Wildman–Crippen LogP) is 3.15. The quantitative estimate of drug-likeness (QED) is 0.799. The molecule has 0 amide bonds. The van der Waals surface area contributed by atoms with Crippen molar-refractivity contribution in [3.05, 3.63) is 21.3 Å². The first-order valence-corrected chi connectivity index (χ1v) is 7.57. The molecule has 1 aromatic rings. The van der Waals surface area contributed by atoms with Gasteiger partial charge >= 0.3 is 0 Å². The van der Waals surface area contributed by atoms with E-state index in [2.05, 4.69) is 24.8 Å². The molecule has 0 aliphatic heterocycles. The lowest BCUT2D eigenvalue weighted by molar-refractivity contribution is 0.113. The van der Waals surface area contributed by atoms with Crippen molar-refractivity contribution in [3.63, 3.8) is 0 Å². The molecule has 2 unspecified atom stereocenters. The Kier molecular flexibility index (Phi) is 7.19. The summed E-state index contributed by atoms with van der Waals surface area (Å²) in [7, 11) is 1.73. The summed E-state index contributed by atoms with van der Waals surface area (Å²) < 4.78 is 5.99. The van der Waals surface area contributed by atoms with Crippen molar-refractivity contribution < 1.29 is 4.74 Å². The fourth-order valence-corrected chi connectivity index (χ4v) is 3.35. The van der Waals surface area contributed by atoms with E-state index in [0.717, 1.165) is 30.5 Å². The molecule has 0 aliphatic carbocycles. The highest BCUT2D eigenvalue weighted by Crippen LogP contribution is 2.32. The molecule has 0 radical (unpaired) electrons. The average Bonchev–Trinajstić information content (AvgIpc) is 2.79. The fourth-order valence-electron chi connectivity index (χ4n) is 2.07. The molecule has 0 fully saturated rings. The van der Waals surface area contributed by atoms with Crippen LogP contribution in [0.15, 0.2) is 12.1 Å². The van der Waals surface area contributed by atoms with Gasteiger partial charge in [-0.05, 0) is 25.1 Å². The van der Waals surface area contributed by atoms with Gasteiger partial charge in [0.05, 0.1) is 17.0 Å². The second kappa shape index (κ2) is 8.12. The standard InChI is InChI=1S/C13H23ClN2OS/c1-4-10(15)13(11-6-7-12(14)18-11)16(5-2)8-9-17-3/h6-7,10,13H,4-5,8-9,15H2,1-3H3. The molecule has 0 saturated heterocycles. The molecule has 3 nitrogen and oxygen atoms in total. The van der Waals surface area contributed by atoms with E-state index in [1.807, 2.05) is 6.07 Å². The Morgan fingerprint density at radius 3 is 2.61 bits per heavy atom. The van der Waals surface area contributed by atoms with Crippen molar-refractivity contribution in [2.45, 2.75) is 32.4 Å². The average molecular weight is 291 g/mol. The molecule has 104 valence electrons. The molecule has 2 atom stereocenters. The number of nitrogens with zero attached hydrogens (tertiary/aromatic N) is 1. The zero-order chi connectivity index (χ0) is 13.5. The van der Waals surface area contributed by atoms with Gasteiger partial charge in [-0.25, -0.2) is 0 Å². The van der Waals surface area contributed by atoms with Crippen LogP contribution in [0.1, 0.15) is 31.2 Å². The monoisotopic (exact) mass is 290 g/mol. The van der Waals surface area contributed by atoms with E-state index in [9.17, 15) is 0 Å². The third kappa shape index (κ3) is 4.21. The lowest BCUT2D eigenvalue weighted by Crippen LogP contribution is -2.41. The first-order valence-electron chi connectivity index (χ1n) is 6.37. The molecule has 0 spiro atoms. The van der Waals surface area contributed by atoms with Crippen LogP contribution in [-0.2, 0) is 4.74 Å². The van der Waals surface area contributed by atoms with Gasteiger partial charge in [0.15, 0.2) is 0 Å². The first-order chi connectivity index (χ1) is 8.63. The van der Waals surface area contributed by atoms with Crippen molar-refractivity contribution in [1.82, 2.24) is 4.90 Å². The van der Waals surface area contributed by atoms with Crippen molar-refractivity contribution in [2.75, 3.05) is 26.8 Å². The van der Waals surface area contributed by atoms with Gasteiger partial charge in [-0.2, -0.15) is 0 Å². The SMILES string of the molecule is CCC(N)C(c1ccc(Cl)s1)N(CC)CCOC. The van der Waals surface area contributed by atoms with Crippen LogP contribution < -0.4 is 5.73 Å². The van der Waals surface area contributed by atoms with Gasteiger partial charge in [0.1, 0.15) is 0 Å². The minimum Gasteiger partial charge on any atom is -0.383 e. The second-order valence-corrected chi connectivity index (χ2v) is 6.03. The maximum atomic E-state index is 6.29. The molecule has 1 rings (SSSR count). The Morgan fingerprint density at radius 1 is 1.44 bits per heavy atom. The van der Waals surface area contributed by atoms with Crippen LogP contribution in [-0.4, -0.2) is 37.7 Å². The zero-order valence-corrected chi connectivity index (χ0v) is 12.9. The molecule has 2 N–H and O–H groups in total. The number of ether oxygens (including phenoxy) is 1. The summed E-state index contributed by atoms with van der Waals surface area (Å²) in [5, 5.41) is 0. The molecule has 0 aliphatic rings. The number of thiophene rings is 1. The van der Waals surface area contributed by atoms with E-state index < -0.39 is 0 Å². The van der Waals surface area contributed by atoms with Crippen LogP contribution in [0, 0.1) is 0 Å². The Balaban J connectivity index is 2.88. The Hall–Kier alpha value is -0.130. The van der Waals surface area contributed by atoms with E-state index in [-0.39, 0.29) is 12.1 Å². The maximum Gasteiger partial charge on any atom is 0.0931 e. The number of likely N-dealkylation sites (N-methyl/N-ethyl adjacent to an activating group) is 1. The molecule has 0 saturated carbocycles. The van der Waals surface area contributed by atoms with Crippen molar-refractivity contribution in [3.8, 4) is 0 Å². The fraction of sp³-hybridized carbons (Fsp3) is 0.692. The maximum absolute atomic E-state index is 6.29. The lowest BCUT2D eigenvalue weighted by Gasteiger charge is -2.33. The third-order valence-corrected chi connectivity index (χ3v) is 4.45. The van der Waals surface area contributed by atoms with E-state index >= 15 is 0 Å². The second-order valence-electron chi connectivity index (χ2n) is 4.28. The number of nitrogens with two attached hydrogens (primary N) is 1. The molecule has 5 heteroatoms. The summed E-state index contributed by atoms with van der Waals surface area (Å²) in [6.45, 7) is 6.84. The highest BCUT2D eigenvalue weighted by molar-refractivity contribution is 7.16. The number of halogens is 1. The zero-order valence-electron chi connectivity index (χ0n) is 11.4. The van der Waals surface area contributed by atoms with E-state index in [4.69, 9.17) is 22.1 Å². The molecule has 0 bridgehead atoms. The van der Waals surface area contributed by atoms with Crippen molar-refractivity contribution in [2.24, 2.45) is 5.73 Å². The van der Waals surface area contributed by atoms with Crippen LogP contribution in [0.25, 0.3) is 0 Å². The summed E-state index contributed by atoms with van der Waals surface area (Å²) in [6.07, 6.45) is 0.948. The Labute approximate surface area is 119 Å². The number of rotatable bonds is 8. The van der Waals surface area contributed by atoms with Crippen molar-refractivity contribution >= 4 is 22.9 Å². The molecule has 1 heterocycles. The van der Waals surface area contributed by atoms with Crippen LogP contribution in [0.4, 0.5) is 0 Å². The highest BCUT2D eigenvalue weighted by Gasteiger charge is 2.25. The van der Waals surface area contributed by atoms with Gasteiger partial charge in [0.25, 0.3) is 0 Å². The number of methoxy groups -OCH3 is 1. The van der Waals surface area contributed by atoms with Gasteiger partial charge in [0, 0.05) is 24.6 Å². The van der Waals surface area contributed by atoms with E-state index in [1.165, 1.54) is 4.88 Å². The molecular formula is C13H23ClN2OS. The molecule has 1 aromatic heterocycles. The summed E-state index contributed by atoms with van der Waals surface area (Å²) in [5.41, 5.74) is 6.29. The van der Waals surface area contributed by atoms with E-state index in [1.54, 1.807) is 18.4 Å². The number of hydrogen-bond acceptors (Lipinski definition) is 4. The molecule has 0 aromatic carbocycles. The van der Waals surface area contributed by atoms with Crippen LogP contribution in [0.5, 0.6) is 0 Å². The smallest absolute Gasteiger partial charge is 0.0931 e. The summed E-state index contributed by atoms with van der Waals surface area (Å²) in [5.74, 6) is 0. The van der Waals surface area contributed by atoms with E-state index in [0.29, 0.717) is 0 Å². The van der Waals surface area contributed by atoms with Gasteiger partial charge in [-0.3, -0.25) is 4.90 Å². The molecular weight excluding hydrogens is 268 g/mol. The topological polar surface area (TPSA) is 38.5 Å². The Bertz CT molecular complexity index is 345.